The van der Waals surface area contributed by atoms with Gasteiger partial charge in [-0.3, -0.25) is 0 Å². The van der Waals surface area contributed by atoms with Gasteiger partial charge in [0.1, 0.15) is 5.44 Å². The van der Waals surface area contributed by atoms with Crippen LogP contribution < -0.4 is 5.73 Å². The number of rotatable bonds is 7. The molecule has 0 aliphatic heterocycles. The highest BCUT2D eigenvalue weighted by Gasteiger charge is 2.15. The van der Waals surface area contributed by atoms with Crippen LogP contribution >= 0.6 is 11.8 Å². The van der Waals surface area contributed by atoms with Crippen LogP contribution in [0.5, 0.6) is 0 Å². The number of nitrogens with zero attached hydrogens (tertiary/aromatic N) is 1. The zero-order valence-electron chi connectivity index (χ0n) is 10.9. The molecule has 0 aromatic heterocycles. The number of benzene rings is 1. The molecule has 1 aromatic rings. The lowest BCUT2D eigenvalue weighted by Gasteiger charge is -2.19. The minimum absolute atomic E-state index is 0.0653. The second-order valence-electron chi connectivity index (χ2n) is 4.56. The number of nitrogens with two attached hydrogens (primary N) is 1. The maximum atomic E-state index is 8.79. The highest BCUT2D eigenvalue weighted by molar-refractivity contribution is 7.99. The van der Waals surface area contributed by atoms with Crippen LogP contribution in [0.2, 0.25) is 0 Å². The first-order valence-electron chi connectivity index (χ1n) is 6.10. The minimum Gasteiger partial charge on any atom is -0.367 e. The molecule has 0 aliphatic carbocycles. The van der Waals surface area contributed by atoms with Gasteiger partial charge in [-0.1, -0.05) is 43.8 Å². The highest BCUT2D eigenvalue weighted by Crippen LogP contribution is 2.27. The monoisotopic (exact) mass is 264 g/mol. The third-order valence-corrected chi connectivity index (χ3v) is 3.37. The Labute approximate surface area is 113 Å². The van der Waals surface area contributed by atoms with E-state index in [0.29, 0.717) is 18.9 Å². The molecule has 2 N–H and O–H groups in total. The fourth-order valence-electron chi connectivity index (χ4n) is 1.36. The van der Waals surface area contributed by atoms with Crippen molar-refractivity contribution in [1.29, 1.82) is 5.26 Å². The predicted octanol–water partition coefficient (Wildman–Crippen LogP) is 3.02. The first-order valence-corrected chi connectivity index (χ1v) is 6.98. The van der Waals surface area contributed by atoms with Crippen LogP contribution in [0.15, 0.2) is 35.2 Å². The summed E-state index contributed by atoms with van der Waals surface area (Å²) in [7, 11) is 0. The molecule has 3 nitrogen and oxygen atoms in total. The maximum absolute atomic E-state index is 8.79. The van der Waals surface area contributed by atoms with Gasteiger partial charge in [-0.15, -0.1) is 0 Å². The molecule has 0 radical (unpaired) electrons. The van der Waals surface area contributed by atoms with E-state index in [2.05, 4.69) is 19.9 Å². The van der Waals surface area contributed by atoms with Gasteiger partial charge in [0.05, 0.1) is 18.7 Å². The van der Waals surface area contributed by atoms with Crippen molar-refractivity contribution < 1.29 is 4.74 Å². The molecule has 0 saturated carbocycles. The van der Waals surface area contributed by atoms with Crippen molar-refractivity contribution >= 4 is 11.8 Å². The molecule has 1 rings (SSSR count). The molecule has 1 aromatic carbocycles. The Morgan fingerprint density at radius 2 is 2.00 bits per heavy atom. The van der Waals surface area contributed by atoms with Crippen molar-refractivity contribution in [1.82, 2.24) is 0 Å². The maximum Gasteiger partial charge on any atom is 0.110 e. The van der Waals surface area contributed by atoms with Gasteiger partial charge in [0.15, 0.2) is 0 Å². The lowest BCUT2D eigenvalue weighted by Crippen LogP contribution is -2.25. The second-order valence-corrected chi connectivity index (χ2v) is 5.79. The summed E-state index contributed by atoms with van der Waals surface area (Å²) in [5.74, 6) is 0.474. The minimum atomic E-state index is -0.474. The first-order chi connectivity index (χ1) is 8.61. The van der Waals surface area contributed by atoms with Crippen molar-refractivity contribution in [3.63, 3.8) is 0 Å². The van der Waals surface area contributed by atoms with Crippen molar-refractivity contribution in [3.8, 4) is 6.07 Å². The molecule has 0 saturated heterocycles. The van der Waals surface area contributed by atoms with Gasteiger partial charge in [-0.05, 0) is 18.1 Å². The van der Waals surface area contributed by atoms with Gasteiger partial charge in [-0.25, -0.2) is 0 Å². The largest absolute Gasteiger partial charge is 0.367 e. The normalized spacial score (nSPS) is 14.2. The van der Waals surface area contributed by atoms with Gasteiger partial charge in [0.2, 0.25) is 0 Å². The zero-order chi connectivity index (χ0) is 13.4. The third kappa shape index (κ3) is 6.06. The van der Waals surface area contributed by atoms with E-state index < -0.39 is 6.04 Å². The number of hydrogen-bond acceptors (Lipinski definition) is 4. The van der Waals surface area contributed by atoms with E-state index >= 15 is 0 Å². The number of ether oxygens (including phenoxy) is 1. The van der Waals surface area contributed by atoms with E-state index in [1.807, 2.05) is 30.3 Å². The van der Waals surface area contributed by atoms with E-state index in [0.717, 1.165) is 4.90 Å². The molecule has 98 valence electrons. The Bertz CT molecular complexity index is 375. The summed E-state index contributed by atoms with van der Waals surface area (Å²) in [5.41, 5.74) is 5.61. The standard InChI is InChI=1S/C14H20N2OS/c1-11(2)10-17-14(8-12(16)9-15)18-13-6-4-3-5-7-13/h3-7,11-12,14H,8,10,16H2,1-2H3. The molecule has 0 bridgehead atoms. The van der Waals surface area contributed by atoms with Crippen LogP contribution in [0, 0.1) is 17.2 Å². The second kappa shape index (κ2) is 8.15. The Kier molecular flexibility index (Phi) is 6.81. The number of thioether (sulfide) groups is 1. The van der Waals surface area contributed by atoms with Crippen LogP contribution in [-0.4, -0.2) is 18.1 Å². The third-order valence-electron chi connectivity index (χ3n) is 2.24. The van der Waals surface area contributed by atoms with E-state index in [4.69, 9.17) is 15.7 Å². The number of hydrogen-bond donors (Lipinski definition) is 1. The Morgan fingerprint density at radius 1 is 1.33 bits per heavy atom. The van der Waals surface area contributed by atoms with Gasteiger partial charge in [0.25, 0.3) is 0 Å². The van der Waals surface area contributed by atoms with Crippen LogP contribution in [0.25, 0.3) is 0 Å². The predicted molar refractivity (Wildman–Crippen MR) is 75.1 cm³/mol. The summed E-state index contributed by atoms with van der Waals surface area (Å²) in [6.07, 6.45) is 0.544. The summed E-state index contributed by atoms with van der Waals surface area (Å²) in [5, 5.41) is 8.79. The van der Waals surface area contributed by atoms with E-state index in [9.17, 15) is 0 Å². The van der Waals surface area contributed by atoms with Gasteiger partial charge in [0, 0.05) is 11.3 Å². The molecular formula is C14H20N2OS. The van der Waals surface area contributed by atoms with Crippen LogP contribution in [0.4, 0.5) is 0 Å². The lowest BCUT2D eigenvalue weighted by atomic mass is 10.2. The topological polar surface area (TPSA) is 59.0 Å². The molecule has 2 unspecified atom stereocenters. The van der Waals surface area contributed by atoms with Crippen molar-refractivity contribution in [3.05, 3.63) is 30.3 Å². The molecule has 0 spiro atoms. The molecule has 0 heterocycles. The molecule has 0 aliphatic rings. The fraction of sp³-hybridized carbons (Fsp3) is 0.500. The smallest absolute Gasteiger partial charge is 0.110 e. The molecule has 0 fully saturated rings. The molecular weight excluding hydrogens is 244 g/mol. The van der Waals surface area contributed by atoms with Crippen LogP contribution in [-0.2, 0) is 4.74 Å². The molecule has 4 heteroatoms. The van der Waals surface area contributed by atoms with E-state index in [1.165, 1.54) is 0 Å². The van der Waals surface area contributed by atoms with E-state index in [-0.39, 0.29) is 5.44 Å². The molecule has 0 amide bonds. The summed E-state index contributed by atoms with van der Waals surface area (Å²) < 4.78 is 5.81. The molecule has 18 heavy (non-hydrogen) atoms. The first kappa shape index (κ1) is 15.0. The lowest BCUT2D eigenvalue weighted by molar-refractivity contribution is 0.0838. The highest BCUT2D eigenvalue weighted by atomic mass is 32.2. The summed E-state index contributed by atoms with van der Waals surface area (Å²) in [6, 6.07) is 11.6. The van der Waals surface area contributed by atoms with E-state index in [1.54, 1.807) is 11.8 Å². The SMILES string of the molecule is CC(C)COC(CC(N)C#N)Sc1ccccc1. The zero-order valence-corrected chi connectivity index (χ0v) is 11.7. The summed E-state index contributed by atoms with van der Waals surface area (Å²) in [4.78, 5) is 1.14. The van der Waals surface area contributed by atoms with Crippen molar-refractivity contribution in [2.45, 2.75) is 36.6 Å². The van der Waals surface area contributed by atoms with Crippen LogP contribution in [0.3, 0.4) is 0 Å². The van der Waals surface area contributed by atoms with Crippen molar-refractivity contribution in [2.24, 2.45) is 11.7 Å². The quantitative estimate of drug-likeness (QED) is 0.607. The van der Waals surface area contributed by atoms with Gasteiger partial charge in [-0.2, -0.15) is 5.26 Å². The summed E-state index contributed by atoms with van der Waals surface area (Å²) >= 11 is 1.62. The van der Waals surface area contributed by atoms with Gasteiger partial charge < -0.3 is 10.5 Å². The summed E-state index contributed by atoms with van der Waals surface area (Å²) in [6.45, 7) is 4.89. The average Bonchev–Trinajstić information content (AvgIpc) is 2.37. The Morgan fingerprint density at radius 3 is 2.56 bits per heavy atom. The van der Waals surface area contributed by atoms with Gasteiger partial charge >= 0.3 is 0 Å². The fourth-order valence-corrected chi connectivity index (χ4v) is 2.43. The Balaban J connectivity index is 2.56. The van der Waals surface area contributed by atoms with Crippen molar-refractivity contribution in [2.75, 3.05) is 6.61 Å². The molecule has 2 atom stereocenters. The number of nitriles is 1. The average molecular weight is 264 g/mol. The Hall–Kier alpha value is -1.02. The van der Waals surface area contributed by atoms with Crippen LogP contribution in [0.1, 0.15) is 20.3 Å².